The first-order chi connectivity index (χ1) is 7.94. The van der Waals surface area contributed by atoms with Gasteiger partial charge in [-0.25, -0.2) is 4.98 Å². The molecule has 0 bridgehead atoms. The second-order valence-electron chi connectivity index (χ2n) is 3.78. The van der Waals surface area contributed by atoms with Crippen LogP contribution in [0.5, 0.6) is 0 Å². The standard InChI is InChI=1S/C11H11F3N2S/c1-7-2-3-9-8(6-7)16-10(17-9)15-5-4-11(12,13)14/h2-3,6H,4-5H2,1H3,(H,15,16). The van der Waals surface area contributed by atoms with Gasteiger partial charge in [0.15, 0.2) is 5.13 Å². The van der Waals surface area contributed by atoms with E-state index in [1.807, 2.05) is 25.1 Å². The number of hydrogen-bond acceptors (Lipinski definition) is 3. The number of rotatable bonds is 3. The summed E-state index contributed by atoms with van der Waals surface area (Å²) in [7, 11) is 0. The van der Waals surface area contributed by atoms with Gasteiger partial charge in [-0.15, -0.1) is 0 Å². The van der Waals surface area contributed by atoms with E-state index < -0.39 is 12.6 Å². The summed E-state index contributed by atoms with van der Waals surface area (Å²) >= 11 is 1.37. The normalized spacial score (nSPS) is 12.0. The summed E-state index contributed by atoms with van der Waals surface area (Å²) in [5.74, 6) is 0. The number of benzene rings is 1. The predicted octanol–water partition coefficient (Wildman–Crippen LogP) is 3.97. The molecule has 0 atom stereocenters. The van der Waals surface area contributed by atoms with Crippen LogP contribution in [0.4, 0.5) is 18.3 Å². The minimum Gasteiger partial charge on any atom is -0.361 e. The van der Waals surface area contributed by atoms with E-state index in [1.54, 1.807) is 0 Å². The fraction of sp³-hybridized carbons (Fsp3) is 0.364. The number of aromatic nitrogens is 1. The molecule has 0 saturated carbocycles. The number of anilines is 1. The Morgan fingerprint density at radius 1 is 1.35 bits per heavy atom. The van der Waals surface area contributed by atoms with Crippen molar-refractivity contribution in [1.29, 1.82) is 0 Å². The Balaban J connectivity index is 2.05. The van der Waals surface area contributed by atoms with Gasteiger partial charge >= 0.3 is 6.18 Å². The molecule has 2 nitrogen and oxygen atoms in total. The smallest absolute Gasteiger partial charge is 0.361 e. The highest BCUT2D eigenvalue weighted by Crippen LogP contribution is 2.27. The molecular formula is C11H11F3N2S. The van der Waals surface area contributed by atoms with Crippen LogP contribution in [0, 0.1) is 6.92 Å². The maximum absolute atomic E-state index is 12.0. The Hall–Kier alpha value is -1.30. The highest BCUT2D eigenvalue weighted by Gasteiger charge is 2.26. The Morgan fingerprint density at radius 2 is 2.12 bits per heavy atom. The van der Waals surface area contributed by atoms with Gasteiger partial charge in [-0.1, -0.05) is 17.4 Å². The van der Waals surface area contributed by atoms with E-state index in [9.17, 15) is 13.2 Å². The van der Waals surface area contributed by atoms with E-state index >= 15 is 0 Å². The summed E-state index contributed by atoms with van der Waals surface area (Å²) in [6.45, 7) is 1.82. The van der Waals surface area contributed by atoms with E-state index in [0.717, 1.165) is 15.8 Å². The minimum absolute atomic E-state index is 0.137. The van der Waals surface area contributed by atoms with Crippen LogP contribution in [-0.4, -0.2) is 17.7 Å². The van der Waals surface area contributed by atoms with E-state index in [1.165, 1.54) is 11.3 Å². The van der Waals surface area contributed by atoms with Crippen molar-refractivity contribution in [3.63, 3.8) is 0 Å². The predicted molar refractivity (Wildman–Crippen MR) is 63.5 cm³/mol. The summed E-state index contributed by atoms with van der Waals surface area (Å²) in [4.78, 5) is 4.23. The molecular weight excluding hydrogens is 249 g/mol. The molecule has 0 spiro atoms. The van der Waals surface area contributed by atoms with E-state index in [2.05, 4.69) is 10.3 Å². The van der Waals surface area contributed by atoms with Crippen molar-refractivity contribution >= 4 is 26.7 Å². The van der Waals surface area contributed by atoms with Crippen LogP contribution in [0.3, 0.4) is 0 Å². The van der Waals surface area contributed by atoms with Crippen LogP contribution < -0.4 is 5.32 Å². The fourth-order valence-corrected chi connectivity index (χ4v) is 2.30. The summed E-state index contributed by atoms with van der Waals surface area (Å²) < 4.78 is 36.9. The van der Waals surface area contributed by atoms with Crippen molar-refractivity contribution in [3.8, 4) is 0 Å². The van der Waals surface area contributed by atoms with Crippen LogP contribution in [0.25, 0.3) is 10.2 Å². The third-order valence-corrected chi connectivity index (χ3v) is 3.22. The first-order valence-corrected chi connectivity index (χ1v) is 5.93. The first-order valence-electron chi connectivity index (χ1n) is 5.12. The van der Waals surface area contributed by atoms with Crippen LogP contribution >= 0.6 is 11.3 Å². The molecule has 0 saturated heterocycles. The van der Waals surface area contributed by atoms with E-state index in [-0.39, 0.29) is 6.54 Å². The number of nitrogens with one attached hydrogen (secondary N) is 1. The first kappa shape index (κ1) is 12.2. The largest absolute Gasteiger partial charge is 0.390 e. The zero-order valence-corrected chi connectivity index (χ0v) is 9.95. The molecule has 2 aromatic rings. The van der Waals surface area contributed by atoms with Crippen molar-refractivity contribution in [2.75, 3.05) is 11.9 Å². The van der Waals surface area contributed by atoms with Crippen molar-refractivity contribution in [3.05, 3.63) is 23.8 Å². The van der Waals surface area contributed by atoms with E-state index in [4.69, 9.17) is 0 Å². The molecule has 2 rings (SSSR count). The summed E-state index contributed by atoms with van der Waals surface area (Å²) in [5, 5.41) is 3.23. The second-order valence-corrected chi connectivity index (χ2v) is 4.81. The lowest BCUT2D eigenvalue weighted by atomic mass is 10.2. The average Bonchev–Trinajstić information content (AvgIpc) is 2.57. The van der Waals surface area contributed by atoms with Crippen LogP contribution in [0.15, 0.2) is 18.2 Å². The Kier molecular flexibility index (Phi) is 3.24. The number of halogens is 3. The number of alkyl halides is 3. The molecule has 0 radical (unpaired) electrons. The molecule has 92 valence electrons. The van der Waals surface area contributed by atoms with Gasteiger partial charge in [0.1, 0.15) is 0 Å². The zero-order chi connectivity index (χ0) is 12.5. The molecule has 1 aromatic heterocycles. The Labute approximate surface area is 100 Å². The average molecular weight is 260 g/mol. The highest BCUT2D eigenvalue weighted by molar-refractivity contribution is 7.22. The maximum atomic E-state index is 12.0. The van der Waals surface area contributed by atoms with Crippen LogP contribution in [0.1, 0.15) is 12.0 Å². The molecule has 1 aromatic carbocycles. The molecule has 6 heteroatoms. The summed E-state index contributed by atoms with van der Waals surface area (Å²) in [6.07, 6.45) is -4.97. The lowest BCUT2D eigenvalue weighted by Crippen LogP contribution is -2.14. The molecule has 1 heterocycles. The third kappa shape index (κ3) is 3.33. The number of aryl methyl sites for hydroxylation is 1. The second kappa shape index (κ2) is 4.52. The molecule has 0 aliphatic rings. The van der Waals surface area contributed by atoms with Gasteiger partial charge in [-0.3, -0.25) is 0 Å². The fourth-order valence-electron chi connectivity index (χ4n) is 1.42. The zero-order valence-electron chi connectivity index (χ0n) is 9.14. The monoisotopic (exact) mass is 260 g/mol. The molecule has 0 unspecified atom stereocenters. The Bertz CT molecular complexity index is 519. The van der Waals surface area contributed by atoms with Gasteiger partial charge in [-0.05, 0) is 24.6 Å². The molecule has 0 aliphatic heterocycles. The quantitative estimate of drug-likeness (QED) is 0.903. The summed E-state index contributed by atoms with van der Waals surface area (Å²) in [5.41, 5.74) is 1.91. The lowest BCUT2D eigenvalue weighted by Gasteiger charge is -2.05. The third-order valence-electron chi connectivity index (χ3n) is 2.23. The van der Waals surface area contributed by atoms with E-state index in [0.29, 0.717) is 5.13 Å². The minimum atomic E-state index is -4.12. The van der Waals surface area contributed by atoms with Gasteiger partial charge in [0.05, 0.1) is 16.6 Å². The van der Waals surface area contributed by atoms with Crippen LogP contribution in [0.2, 0.25) is 0 Å². The van der Waals surface area contributed by atoms with Gasteiger partial charge in [0.25, 0.3) is 0 Å². The Morgan fingerprint density at radius 3 is 2.82 bits per heavy atom. The van der Waals surface area contributed by atoms with Crippen molar-refractivity contribution < 1.29 is 13.2 Å². The molecule has 0 fully saturated rings. The highest BCUT2D eigenvalue weighted by atomic mass is 32.1. The SMILES string of the molecule is Cc1ccc2sc(NCCC(F)(F)F)nc2c1. The van der Waals surface area contributed by atoms with Gasteiger partial charge in [0, 0.05) is 6.54 Å². The topological polar surface area (TPSA) is 24.9 Å². The van der Waals surface area contributed by atoms with Crippen LogP contribution in [-0.2, 0) is 0 Å². The number of hydrogen-bond donors (Lipinski definition) is 1. The van der Waals surface area contributed by atoms with Crippen molar-refractivity contribution in [2.45, 2.75) is 19.5 Å². The van der Waals surface area contributed by atoms with Gasteiger partial charge in [0.2, 0.25) is 0 Å². The lowest BCUT2D eigenvalue weighted by molar-refractivity contribution is -0.131. The maximum Gasteiger partial charge on any atom is 0.390 e. The number of thiazole rings is 1. The molecule has 1 N–H and O–H groups in total. The number of fused-ring (bicyclic) bond motifs is 1. The van der Waals surface area contributed by atoms with Crippen molar-refractivity contribution in [1.82, 2.24) is 4.98 Å². The van der Waals surface area contributed by atoms with Crippen molar-refractivity contribution in [2.24, 2.45) is 0 Å². The van der Waals surface area contributed by atoms with Gasteiger partial charge < -0.3 is 5.32 Å². The molecule has 0 aliphatic carbocycles. The molecule has 17 heavy (non-hydrogen) atoms. The van der Waals surface area contributed by atoms with Gasteiger partial charge in [-0.2, -0.15) is 13.2 Å². The molecule has 0 amide bonds. The number of nitrogens with zero attached hydrogens (tertiary/aromatic N) is 1. The summed E-state index contributed by atoms with van der Waals surface area (Å²) in [6, 6.07) is 5.80.